The second-order valence-electron chi connectivity index (χ2n) is 5.60. The van der Waals surface area contributed by atoms with Gasteiger partial charge in [0, 0.05) is 24.8 Å². The molecule has 0 bridgehead atoms. The molecule has 1 aromatic carbocycles. The standard InChI is InChI=1S/C16H16FN5O3/c17-10-1-3-11(4-2-10)20-16(25)21-12-5-6-22(9-12)14-8-18-13(7-19-14)15(23)24/h1-4,7-8,12H,5-6,9H2,(H,23,24)(H2,20,21,25). The van der Waals surface area contributed by atoms with Crippen molar-refractivity contribution in [3.05, 3.63) is 48.2 Å². The molecular formula is C16H16FN5O3. The molecule has 2 aromatic rings. The molecule has 1 atom stereocenters. The van der Waals surface area contributed by atoms with Crippen molar-refractivity contribution in [3.8, 4) is 0 Å². The lowest BCUT2D eigenvalue weighted by Crippen LogP contribution is -2.39. The molecule has 0 aliphatic carbocycles. The highest BCUT2D eigenvalue weighted by molar-refractivity contribution is 5.89. The fourth-order valence-electron chi connectivity index (χ4n) is 2.57. The van der Waals surface area contributed by atoms with Crippen LogP contribution in [0.3, 0.4) is 0 Å². The van der Waals surface area contributed by atoms with Gasteiger partial charge in [0.1, 0.15) is 11.6 Å². The molecule has 3 rings (SSSR count). The average molecular weight is 345 g/mol. The Morgan fingerprint density at radius 2 is 1.96 bits per heavy atom. The predicted octanol–water partition coefficient (Wildman–Crippen LogP) is 1.71. The van der Waals surface area contributed by atoms with Gasteiger partial charge in [-0.25, -0.2) is 23.9 Å². The largest absolute Gasteiger partial charge is 0.476 e. The van der Waals surface area contributed by atoms with Gasteiger partial charge in [-0.15, -0.1) is 0 Å². The third-order valence-corrected chi connectivity index (χ3v) is 3.81. The third-order valence-electron chi connectivity index (χ3n) is 3.81. The molecule has 1 fully saturated rings. The molecule has 1 aliphatic rings. The summed E-state index contributed by atoms with van der Waals surface area (Å²) >= 11 is 0. The van der Waals surface area contributed by atoms with Gasteiger partial charge in [0.05, 0.1) is 12.4 Å². The van der Waals surface area contributed by atoms with E-state index in [0.717, 1.165) is 6.42 Å². The Hall–Kier alpha value is -3.23. The molecule has 0 radical (unpaired) electrons. The highest BCUT2D eigenvalue weighted by Gasteiger charge is 2.25. The summed E-state index contributed by atoms with van der Waals surface area (Å²) in [5.41, 5.74) is 0.389. The van der Waals surface area contributed by atoms with Crippen LogP contribution in [-0.2, 0) is 0 Å². The van der Waals surface area contributed by atoms with Gasteiger partial charge < -0.3 is 20.6 Å². The number of halogens is 1. The number of carbonyl (C=O) groups excluding carboxylic acids is 1. The van der Waals surface area contributed by atoms with Crippen molar-refractivity contribution in [2.75, 3.05) is 23.3 Å². The molecule has 2 amide bonds. The van der Waals surface area contributed by atoms with Crippen molar-refractivity contribution in [3.63, 3.8) is 0 Å². The summed E-state index contributed by atoms with van der Waals surface area (Å²) in [6.45, 7) is 1.21. The minimum atomic E-state index is -1.13. The Bertz CT molecular complexity index is 766. The van der Waals surface area contributed by atoms with Gasteiger partial charge in [-0.05, 0) is 30.7 Å². The molecule has 8 nitrogen and oxygen atoms in total. The van der Waals surface area contributed by atoms with Crippen LogP contribution in [0, 0.1) is 5.82 Å². The maximum absolute atomic E-state index is 12.8. The maximum atomic E-state index is 12.8. The maximum Gasteiger partial charge on any atom is 0.356 e. The molecule has 130 valence electrons. The molecule has 0 saturated carbocycles. The number of nitrogens with zero attached hydrogens (tertiary/aromatic N) is 3. The third kappa shape index (κ3) is 4.19. The first kappa shape index (κ1) is 16.6. The lowest BCUT2D eigenvalue weighted by atomic mass is 10.3. The van der Waals surface area contributed by atoms with Crippen LogP contribution in [0.25, 0.3) is 0 Å². The molecule has 0 spiro atoms. The zero-order chi connectivity index (χ0) is 17.8. The first-order valence-electron chi connectivity index (χ1n) is 7.64. The van der Waals surface area contributed by atoms with Crippen LogP contribution in [0.5, 0.6) is 0 Å². The fraction of sp³-hybridized carbons (Fsp3) is 0.250. The molecule has 2 heterocycles. The van der Waals surface area contributed by atoms with Crippen molar-refractivity contribution in [1.29, 1.82) is 0 Å². The molecule has 3 N–H and O–H groups in total. The predicted molar refractivity (Wildman–Crippen MR) is 88.2 cm³/mol. The number of rotatable bonds is 4. The summed E-state index contributed by atoms with van der Waals surface area (Å²) in [7, 11) is 0. The Labute approximate surface area is 142 Å². The van der Waals surface area contributed by atoms with Gasteiger partial charge in [0.2, 0.25) is 0 Å². The number of anilines is 2. The van der Waals surface area contributed by atoms with Gasteiger partial charge in [0.25, 0.3) is 0 Å². The summed E-state index contributed by atoms with van der Waals surface area (Å²) in [5, 5.41) is 14.3. The van der Waals surface area contributed by atoms with E-state index in [1.807, 2.05) is 4.90 Å². The SMILES string of the molecule is O=C(Nc1ccc(F)cc1)NC1CCN(c2cnc(C(=O)O)cn2)C1. The number of aromatic nitrogens is 2. The average Bonchev–Trinajstić information content (AvgIpc) is 3.05. The van der Waals surface area contributed by atoms with E-state index in [4.69, 9.17) is 5.11 Å². The molecule has 1 saturated heterocycles. The first-order chi connectivity index (χ1) is 12.0. The van der Waals surface area contributed by atoms with E-state index in [0.29, 0.717) is 24.6 Å². The Balaban J connectivity index is 1.53. The van der Waals surface area contributed by atoms with Crippen LogP contribution >= 0.6 is 0 Å². The highest BCUT2D eigenvalue weighted by Crippen LogP contribution is 2.17. The second-order valence-corrected chi connectivity index (χ2v) is 5.60. The fourth-order valence-corrected chi connectivity index (χ4v) is 2.57. The molecule has 9 heteroatoms. The Kier molecular flexibility index (Phi) is 4.73. The minimum absolute atomic E-state index is 0.0820. The van der Waals surface area contributed by atoms with E-state index < -0.39 is 5.97 Å². The zero-order valence-corrected chi connectivity index (χ0v) is 13.1. The number of hydrogen-bond donors (Lipinski definition) is 3. The van der Waals surface area contributed by atoms with E-state index in [9.17, 15) is 14.0 Å². The number of amides is 2. The minimum Gasteiger partial charge on any atom is -0.476 e. The lowest BCUT2D eigenvalue weighted by Gasteiger charge is -2.17. The first-order valence-corrected chi connectivity index (χ1v) is 7.64. The molecule has 1 unspecified atom stereocenters. The second kappa shape index (κ2) is 7.12. The lowest BCUT2D eigenvalue weighted by molar-refractivity contribution is 0.0690. The number of nitrogens with one attached hydrogen (secondary N) is 2. The van der Waals surface area contributed by atoms with Gasteiger partial charge in [0.15, 0.2) is 5.69 Å². The Morgan fingerprint density at radius 3 is 2.60 bits per heavy atom. The molecular weight excluding hydrogens is 329 g/mol. The number of carboxylic acids is 1. The van der Waals surface area contributed by atoms with Crippen LogP contribution in [0.4, 0.5) is 20.7 Å². The molecule has 25 heavy (non-hydrogen) atoms. The summed E-state index contributed by atoms with van der Waals surface area (Å²) in [6, 6.07) is 5.05. The number of hydrogen-bond acceptors (Lipinski definition) is 5. The van der Waals surface area contributed by atoms with Crippen LogP contribution in [0.2, 0.25) is 0 Å². The van der Waals surface area contributed by atoms with Gasteiger partial charge >= 0.3 is 12.0 Å². The van der Waals surface area contributed by atoms with Crippen LogP contribution in [-0.4, -0.2) is 46.2 Å². The van der Waals surface area contributed by atoms with Crippen LogP contribution in [0.15, 0.2) is 36.7 Å². The normalized spacial score (nSPS) is 16.5. The van der Waals surface area contributed by atoms with E-state index >= 15 is 0 Å². The summed E-state index contributed by atoms with van der Waals surface area (Å²) in [6.07, 6.45) is 3.34. The van der Waals surface area contributed by atoms with Crippen molar-refractivity contribution in [2.24, 2.45) is 0 Å². The topological polar surface area (TPSA) is 107 Å². The molecule has 1 aromatic heterocycles. The van der Waals surface area contributed by atoms with Gasteiger partial charge in [-0.3, -0.25) is 0 Å². The Morgan fingerprint density at radius 1 is 1.20 bits per heavy atom. The zero-order valence-electron chi connectivity index (χ0n) is 13.1. The van der Waals surface area contributed by atoms with Crippen LogP contribution in [0.1, 0.15) is 16.9 Å². The van der Waals surface area contributed by atoms with Crippen molar-refractivity contribution in [1.82, 2.24) is 15.3 Å². The number of carbonyl (C=O) groups is 2. The molecule has 1 aliphatic heterocycles. The smallest absolute Gasteiger partial charge is 0.356 e. The monoisotopic (exact) mass is 345 g/mol. The van der Waals surface area contributed by atoms with Gasteiger partial charge in [-0.2, -0.15) is 0 Å². The van der Waals surface area contributed by atoms with E-state index in [1.165, 1.54) is 36.7 Å². The van der Waals surface area contributed by atoms with E-state index in [2.05, 4.69) is 20.6 Å². The summed E-state index contributed by atoms with van der Waals surface area (Å²) < 4.78 is 12.8. The van der Waals surface area contributed by atoms with Crippen LogP contribution < -0.4 is 15.5 Å². The summed E-state index contributed by atoms with van der Waals surface area (Å²) in [5.74, 6) is -0.932. The number of aromatic carboxylic acids is 1. The number of carboxylic acid groups (broad SMARTS) is 1. The van der Waals surface area contributed by atoms with E-state index in [-0.39, 0.29) is 23.6 Å². The number of benzene rings is 1. The van der Waals surface area contributed by atoms with E-state index in [1.54, 1.807) is 0 Å². The van der Waals surface area contributed by atoms with Crippen molar-refractivity contribution >= 4 is 23.5 Å². The van der Waals surface area contributed by atoms with Crippen molar-refractivity contribution in [2.45, 2.75) is 12.5 Å². The van der Waals surface area contributed by atoms with Crippen molar-refractivity contribution < 1.29 is 19.1 Å². The summed E-state index contributed by atoms with van der Waals surface area (Å²) in [4.78, 5) is 32.6. The van der Waals surface area contributed by atoms with Gasteiger partial charge in [-0.1, -0.05) is 0 Å². The quantitative estimate of drug-likeness (QED) is 0.779. The highest BCUT2D eigenvalue weighted by atomic mass is 19.1. The number of urea groups is 1.